The van der Waals surface area contributed by atoms with Crippen LogP contribution in [-0.2, 0) is 16.1 Å². The number of aromatic nitrogens is 2. The number of benzene rings is 1. The van der Waals surface area contributed by atoms with Gasteiger partial charge in [-0.2, -0.15) is 5.10 Å². The molecule has 25 heavy (non-hydrogen) atoms. The van der Waals surface area contributed by atoms with Gasteiger partial charge in [0.15, 0.2) is 0 Å². The van der Waals surface area contributed by atoms with Gasteiger partial charge in [-0.1, -0.05) is 12.1 Å². The van der Waals surface area contributed by atoms with E-state index in [1.807, 2.05) is 24.3 Å². The summed E-state index contributed by atoms with van der Waals surface area (Å²) in [4.78, 5) is 24.2. The fourth-order valence-electron chi connectivity index (χ4n) is 2.52. The lowest BCUT2D eigenvalue weighted by Gasteiger charge is -2.26. The van der Waals surface area contributed by atoms with Crippen LogP contribution in [0.4, 0.5) is 0 Å². The van der Waals surface area contributed by atoms with Crippen molar-refractivity contribution in [3.05, 3.63) is 46.8 Å². The maximum atomic E-state index is 12.2. The Balaban J connectivity index is 1.74. The minimum absolute atomic E-state index is 0.145. The molecule has 1 aliphatic heterocycles. The number of morpholine rings is 1. The molecule has 8 heteroatoms. The van der Waals surface area contributed by atoms with E-state index in [0.717, 1.165) is 10.2 Å². The van der Waals surface area contributed by atoms with Gasteiger partial charge in [0.1, 0.15) is 12.3 Å². The summed E-state index contributed by atoms with van der Waals surface area (Å²) in [5, 5.41) is 6.08. The Kier molecular flexibility index (Phi) is 5.42. The third-order valence-corrected chi connectivity index (χ3v) is 3.82. The topological polar surface area (TPSA) is 85.7 Å². The van der Waals surface area contributed by atoms with Crippen molar-refractivity contribution in [1.29, 1.82) is 0 Å². The highest BCUT2D eigenvalue weighted by molar-refractivity contribution is 5.75. The molecule has 0 saturated carbocycles. The molecule has 1 fully saturated rings. The van der Waals surface area contributed by atoms with Crippen molar-refractivity contribution in [2.45, 2.75) is 6.54 Å². The molecule has 132 valence electrons. The van der Waals surface area contributed by atoms with Gasteiger partial charge in [-0.25, -0.2) is 9.69 Å². The van der Waals surface area contributed by atoms with Crippen molar-refractivity contribution in [3.63, 3.8) is 0 Å². The van der Waals surface area contributed by atoms with Gasteiger partial charge in [0.2, 0.25) is 0 Å². The van der Waals surface area contributed by atoms with Crippen LogP contribution >= 0.6 is 0 Å². The highest BCUT2D eigenvalue weighted by Gasteiger charge is 2.14. The van der Waals surface area contributed by atoms with Crippen LogP contribution in [0, 0.1) is 0 Å². The zero-order chi connectivity index (χ0) is 17.6. The molecular formula is C17H20N4O4. The zero-order valence-electron chi connectivity index (χ0n) is 14.0. The van der Waals surface area contributed by atoms with E-state index in [-0.39, 0.29) is 18.0 Å². The standard InChI is InChI=1S/C17H20N4O4/c1-24-14-4-2-3-13(11-14)15-5-6-17(23)21(18-15)12-16(22)19-20-7-9-25-10-8-20/h2-6,11H,7-10,12H2,1H3,(H,19,22). The van der Waals surface area contributed by atoms with Crippen LogP contribution < -0.4 is 15.7 Å². The van der Waals surface area contributed by atoms with Gasteiger partial charge in [-0.15, -0.1) is 0 Å². The van der Waals surface area contributed by atoms with Crippen molar-refractivity contribution in [2.24, 2.45) is 0 Å². The first-order valence-corrected chi connectivity index (χ1v) is 8.00. The van der Waals surface area contributed by atoms with Crippen LogP contribution in [0.3, 0.4) is 0 Å². The molecule has 0 spiro atoms. The summed E-state index contributed by atoms with van der Waals surface area (Å²) in [5.41, 5.74) is 3.84. The lowest BCUT2D eigenvalue weighted by atomic mass is 10.1. The number of carbonyl (C=O) groups is 1. The van der Waals surface area contributed by atoms with Crippen LogP contribution in [0.1, 0.15) is 0 Å². The van der Waals surface area contributed by atoms with E-state index in [0.29, 0.717) is 37.7 Å². The number of ether oxygens (including phenoxy) is 2. The van der Waals surface area contributed by atoms with Crippen molar-refractivity contribution in [2.75, 3.05) is 33.4 Å². The van der Waals surface area contributed by atoms with Gasteiger partial charge < -0.3 is 9.47 Å². The molecule has 0 atom stereocenters. The first-order chi connectivity index (χ1) is 12.2. The Morgan fingerprint density at radius 2 is 2.08 bits per heavy atom. The Bertz CT molecular complexity index is 799. The van der Waals surface area contributed by atoms with Crippen molar-refractivity contribution < 1.29 is 14.3 Å². The third-order valence-electron chi connectivity index (χ3n) is 3.82. The molecule has 1 amide bonds. The quantitative estimate of drug-likeness (QED) is 0.839. The van der Waals surface area contributed by atoms with Gasteiger partial charge in [0, 0.05) is 24.7 Å². The molecule has 1 aromatic heterocycles. The normalized spacial score (nSPS) is 14.9. The number of rotatable bonds is 5. The summed E-state index contributed by atoms with van der Waals surface area (Å²) >= 11 is 0. The second-order valence-corrected chi connectivity index (χ2v) is 5.58. The summed E-state index contributed by atoms with van der Waals surface area (Å²) in [6.45, 7) is 2.25. The summed E-state index contributed by atoms with van der Waals surface area (Å²) < 4.78 is 11.6. The smallest absolute Gasteiger partial charge is 0.267 e. The number of methoxy groups -OCH3 is 1. The predicted octanol–water partition coefficient (Wildman–Crippen LogP) is 0.282. The number of hydrazine groups is 1. The molecule has 2 heterocycles. The Morgan fingerprint density at radius 3 is 2.84 bits per heavy atom. The van der Waals surface area contributed by atoms with Gasteiger partial charge in [0.05, 0.1) is 26.0 Å². The minimum Gasteiger partial charge on any atom is -0.497 e. The van der Waals surface area contributed by atoms with Crippen molar-refractivity contribution >= 4 is 5.91 Å². The van der Waals surface area contributed by atoms with Crippen LogP contribution in [0.2, 0.25) is 0 Å². The zero-order valence-corrected chi connectivity index (χ0v) is 14.0. The first kappa shape index (κ1) is 17.1. The summed E-state index contributed by atoms with van der Waals surface area (Å²) in [7, 11) is 1.59. The van der Waals surface area contributed by atoms with Crippen molar-refractivity contribution in [3.8, 4) is 17.0 Å². The molecular weight excluding hydrogens is 324 g/mol. The van der Waals surface area contributed by atoms with Crippen LogP contribution in [-0.4, -0.2) is 54.1 Å². The van der Waals surface area contributed by atoms with E-state index in [2.05, 4.69) is 10.5 Å². The number of nitrogens with zero attached hydrogens (tertiary/aromatic N) is 3. The number of amides is 1. The van der Waals surface area contributed by atoms with Crippen LogP contribution in [0.15, 0.2) is 41.2 Å². The second kappa shape index (κ2) is 7.91. The lowest BCUT2D eigenvalue weighted by Crippen LogP contribution is -2.49. The first-order valence-electron chi connectivity index (χ1n) is 8.00. The third kappa shape index (κ3) is 4.43. The van der Waals surface area contributed by atoms with E-state index in [1.165, 1.54) is 6.07 Å². The van der Waals surface area contributed by atoms with Crippen LogP contribution in [0.25, 0.3) is 11.3 Å². The van der Waals surface area contributed by atoms with E-state index in [1.54, 1.807) is 18.2 Å². The maximum absolute atomic E-state index is 12.2. The fourth-order valence-corrected chi connectivity index (χ4v) is 2.52. The number of hydrogen-bond donors (Lipinski definition) is 1. The number of hydrogen-bond acceptors (Lipinski definition) is 6. The molecule has 2 aromatic rings. The average molecular weight is 344 g/mol. The molecule has 0 radical (unpaired) electrons. The predicted molar refractivity (Wildman–Crippen MR) is 91.0 cm³/mol. The number of carbonyl (C=O) groups excluding carboxylic acids is 1. The summed E-state index contributed by atoms with van der Waals surface area (Å²) in [6.07, 6.45) is 0. The Morgan fingerprint density at radius 1 is 1.28 bits per heavy atom. The molecule has 0 unspecified atom stereocenters. The summed E-state index contributed by atoms with van der Waals surface area (Å²) in [6, 6.07) is 10.4. The van der Waals surface area contributed by atoms with Crippen LogP contribution in [0.5, 0.6) is 5.75 Å². The maximum Gasteiger partial charge on any atom is 0.267 e. The molecule has 0 aliphatic carbocycles. The fraction of sp³-hybridized carbons (Fsp3) is 0.353. The molecule has 1 saturated heterocycles. The van der Waals surface area contributed by atoms with E-state index < -0.39 is 0 Å². The molecule has 0 bridgehead atoms. The van der Waals surface area contributed by atoms with E-state index in [4.69, 9.17) is 9.47 Å². The monoisotopic (exact) mass is 344 g/mol. The largest absolute Gasteiger partial charge is 0.497 e. The highest BCUT2D eigenvalue weighted by atomic mass is 16.5. The average Bonchev–Trinajstić information content (AvgIpc) is 2.64. The Labute approximate surface area is 144 Å². The minimum atomic E-state index is -0.330. The molecule has 8 nitrogen and oxygen atoms in total. The van der Waals surface area contributed by atoms with Crippen molar-refractivity contribution in [1.82, 2.24) is 20.2 Å². The van der Waals surface area contributed by atoms with Gasteiger partial charge in [0.25, 0.3) is 11.5 Å². The molecule has 1 aliphatic rings. The molecule has 1 N–H and O–H groups in total. The van der Waals surface area contributed by atoms with Gasteiger partial charge >= 0.3 is 0 Å². The van der Waals surface area contributed by atoms with Gasteiger partial charge in [-0.05, 0) is 18.2 Å². The summed E-state index contributed by atoms with van der Waals surface area (Å²) in [5.74, 6) is 0.404. The van der Waals surface area contributed by atoms with E-state index in [9.17, 15) is 9.59 Å². The second-order valence-electron chi connectivity index (χ2n) is 5.58. The number of nitrogens with one attached hydrogen (secondary N) is 1. The SMILES string of the molecule is COc1cccc(-c2ccc(=O)n(CC(=O)NN3CCOCC3)n2)c1. The van der Waals surface area contributed by atoms with E-state index >= 15 is 0 Å². The lowest BCUT2D eigenvalue weighted by molar-refractivity contribution is -0.128. The molecule has 1 aromatic carbocycles. The highest BCUT2D eigenvalue weighted by Crippen LogP contribution is 2.20. The molecule has 3 rings (SSSR count). The Hall–Kier alpha value is -2.71. The van der Waals surface area contributed by atoms with Gasteiger partial charge in [-0.3, -0.25) is 15.0 Å².